The molecule has 3 heterocycles. The average Bonchev–Trinajstić information content (AvgIpc) is 3.77. The molecule has 0 bridgehead atoms. The van der Waals surface area contributed by atoms with Gasteiger partial charge in [0.1, 0.15) is 0 Å². The van der Waals surface area contributed by atoms with Gasteiger partial charge in [0.15, 0.2) is 0 Å². The van der Waals surface area contributed by atoms with Crippen molar-refractivity contribution in [3.63, 3.8) is 0 Å². The maximum absolute atomic E-state index is 4.60. The number of anilines is 1. The molecule has 3 nitrogen and oxygen atoms in total. The molecule has 274 valence electrons. The Bertz CT molecular complexity index is 2900. The minimum atomic E-state index is 0.885. The predicted molar refractivity (Wildman–Crippen MR) is 242 cm³/mol. The first-order valence-corrected chi connectivity index (χ1v) is 19.9. The summed E-state index contributed by atoms with van der Waals surface area (Å²) in [5, 5.41) is 2.53. The molecule has 0 radical (unpaired) electrons. The molecule has 10 rings (SSSR count). The van der Waals surface area contributed by atoms with E-state index in [9.17, 15) is 0 Å². The third-order valence-electron chi connectivity index (χ3n) is 11.6. The van der Waals surface area contributed by atoms with Crippen LogP contribution in [0.4, 0.5) is 5.69 Å². The van der Waals surface area contributed by atoms with Crippen LogP contribution in [0.5, 0.6) is 0 Å². The van der Waals surface area contributed by atoms with Crippen LogP contribution < -0.4 is 4.90 Å². The van der Waals surface area contributed by atoms with Crippen LogP contribution in [0.3, 0.4) is 0 Å². The largest absolute Gasteiger partial charge is 0.324 e. The van der Waals surface area contributed by atoms with Crippen molar-refractivity contribution >= 4 is 45.2 Å². The number of hydrogen-bond donors (Lipinski definition) is 0. The Kier molecular flexibility index (Phi) is 8.76. The summed E-state index contributed by atoms with van der Waals surface area (Å²) in [6.07, 6.45) is 24.2. The van der Waals surface area contributed by atoms with Crippen molar-refractivity contribution in [1.29, 1.82) is 0 Å². The minimum absolute atomic E-state index is 0.885. The van der Waals surface area contributed by atoms with Crippen LogP contribution in [0.15, 0.2) is 212 Å². The van der Waals surface area contributed by atoms with Gasteiger partial charge in [0.2, 0.25) is 0 Å². The third-order valence-corrected chi connectivity index (χ3v) is 11.6. The highest BCUT2D eigenvalue weighted by atomic mass is 15.1. The number of hydrogen-bond acceptors (Lipinski definition) is 1. The van der Waals surface area contributed by atoms with Gasteiger partial charge < -0.3 is 14.0 Å². The van der Waals surface area contributed by atoms with Gasteiger partial charge in [-0.1, -0.05) is 104 Å². The van der Waals surface area contributed by atoms with Crippen molar-refractivity contribution in [2.24, 2.45) is 0 Å². The Morgan fingerprint density at radius 2 is 1.04 bits per heavy atom. The molecule has 3 aliphatic rings. The molecule has 1 aliphatic heterocycles. The Morgan fingerprint density at radius 1 is 0.456 bits per heavy atom. The zero-order valence-corrected chi connectivity index (χ0v) is 32.0. The number of aromatic nitrogens is 2. The molecule has 0 N–H and O–H groups in total. The van der Waals surface area contributed by atoms with Gasteiger partial charge in [-0.15, -0.1) is 0 Å². The molecule has 0 unspecified atom stereocenters. The monoisotopic (exact) mass is 733 g/mol. The number of para-hydroxylation sites is 4. The maximum Gasteiger partial charge on any atom is 0.0538 e. The lowest BCUT2D eigenvalue weighted by atomic mass is 9.89. The number of fused-ring (bicyclic) bond motifs is 6. The summed E-state index contributed by atoms with van der Waals surface area (Å²) in [7, 11) is 0. The Hall–Kier alpha value is -7.10. The van der Waals surface area contributed by atoms with Crippen molar-refractivity contribution in [3.05, 3.63) is 240 Å². The second-order valence-corrected chi connectivity index (χ2v) is 15.0. The number of allylic oxidation sites excluding steroid dienone is 10. The Balaban J connectivity index is 1.09. The van der Waals surface area contributed by atoms with E-state index in [1.54, 1.807) is 0 Å². The Morgan fingerprint density at radius 3 is 1.74 bits per heavy atom. The van der Waals surface area contributed by atoms with E-state index in [0.29, 0.717) is 0 Å². The molecule has 5 aromatic carbocycles. The minimum Gasteiger partial charge on any atom is -0.324 e. The number of nitrogens with zero attached hydrogens (tertiary/aromatic N) is 3. The van der Waals surface area contributed by atoms with Gasteiger partial charge in [-0.25, -0.2) is 0 Å². The van der Waals surface area contributed by atoms with E-state index in [4.69, 9.17) is 0 Å². The van der Waals surface area contributed by atoms with Gasteiger partial charge >= 0.3 is 0 Å². The molecular formula is C54H43N3. The SMILES string of the molecule is C=C1/C=C(C2=Cc3c(n(-c4ccccc4)c4ccccc34)CC2)\C=C/N(c2ccccc2)/C=C\C(c2ccc3c(c2)c2c(n3-c3ccccc3)CCC=C2)=C/C1=C. The third kappa shape index (κ3) is 6.28. The van der Waals surface area contributed by atoms with Crippen molar-refractivity contribution in [3.8, 4) is 11.4 Å². The molecule has 2 aromatic heterocycles. The zero-order valence-electron chi connectivity index (χ0n) is 32.0. The van der Waals surface area contributed by atoms with E-state index in [1.165, 1.54) is 61.3 Å². The average molecular weight is 734 g/mol. The van der Waals surface area contributed by atoms with Crippen LogP contribution >= 0.6 is 0 Å². The van der Waals surface area contributed by atoms with Crippen LogP contribution in [-0.4, -0.2) is 9.13 Å². The molecular weight excluding hydrogens is 691 g/mol. The lowest BCUT2D eigenvalue weighted by molar-refractivity contribution is 0.864. The van der Waals surface area contributed by atoms with Gasteiger partial charge in [-0.2, -0.15) is 0 Å². The van der Waals surface area contributed by atoms with E-state index >= 15 is 0 Å². The van der Waals surface area contributed by atoms with Gasteiger partial charge in [-0.3, -0.25) is 0 Å². The molecule has 3 heteroatoms. The highest BCUT2D eigenvalue weighted by molar-refractivity contribution is 5.97. The van der Waals surface area contributed by atoms with Crippen LogP contribution in [-0.2, 0) is 12.8 Å². The fourth-order valence-electron chi connectivity index (χ4n) is 8.78. The summed E-state index contributed by atoms with van der Waals surface area (Å²) < 4.78 is 4.88. The topological polar surface area (TPSA) is 13.1 Å². The molecule has 0 atom stereocenters. The molecule has 7 aromatic rings. The standard InChI is InChI=1S/C54H43N3/c1-38-34-42(40-26-28-53-49(36-40)47-22-12-14-24-51(47)56(53)45-18-8-4-9-19-45)30-32-55(44-16-6-3-7-17-44)33-31-43(35-39(38)2)41-27-29-54-50(37-41)48-23-13-15-25-52(48)57(54)46-20-10-5-11-21-46/h3-14,16-24,27,29-37H,1-2,15,25-26,28H2/b32-30-,33-31-,42-34+,43-35+. The second-order valence-electron chi connectivity index (χ2n) is 15.0. The molecule has 0 saturated carbocycles. The van der Waals surface area contributed by atoms with E-state index < -0.39 is 0 Å². The lowest BCUT2D eigenvalue weighted by Gasteiger charge is -2.20. The quantitative estimate of drug-likeness (QED) is 0.172. The van der Waals surface area contributed by atoms with Gasteiger partial charge in [-0.05, 0) is 144 Å². The number of benzene rings is 5. The highest BCUT2D eigenvalue weighted by Gasteiger charge is 2.23. The van der Waals surface area contributed by atoms with Crippen LogP contribution in [0.2, 0.25) is 0 Å². The molecule has 2 aliphatic carbocycles. The summed E-state index contributed by atoms with van der Waals surface area (Å²) in [5.41, 5.74) is 17.7. The number of rotatable bonds is 5. The summed E-state index contributed by atoms with van der Waals surface area (Å²) >= 11 is 0. The normalized spacial score (nSPS) is 18.5. The van der Waals surface area contributed by atoms with E-state index in [1.807, 2.05) is 0 Å². The van der Waals surface area contributed by atoms with Crippen molar-refractivity contribution in [1.82, 2.24) is 9.13 Å². The van der Waals surface area contributed by atoms with E-state index in [2.05, 4.69) is 216 Å². The fourth-order valence-corrected chi connectivity index (χ4v) is 8.78. The van der Waals surface area contributed by atoms with E-state index in [0.717, 1.165) is 59.2 Å². The summed E-state index contributed by atoms with van der Waals surface area (Å²) in [5.74, 6) is 0. The Labute approximate surface area is 334 Å². The van der Waals surface area contributed by atoms with Gasteiger partial charge in [0.25, 0.3) is 0 Å². The first-order chi connectivity index (χ1) is 28.1. The second kappa shape index (κ2) is 14.5. The molecule has 57 heavy (non-hydrogen) atoms. The van der Waals surface area contributed by atoms with Crippen LogP contribution in [0.25, 0.3) is 50.9 Å². The van der Waals surface area contributed by atoms with Crippen molar-refractivity contribution in [2.45, 2.75) is 25.7 Å². The van der Waals surface area contributed by atoms with Crippen molar-refractivity contribution in [2.75, 3.05) is 4.90 Å². The van der Waals surface area contributed by atoms with Crippen molar-refractivity contribution < 1.29 is 0 Å². The summed E-state index contributed by atoms with van der Waals surface area (Å²) in [6, 6.07) is 47.7. The molecule has 0 fully saturated rings. The smallest absolute Gasteiger partial charge is 0.0538 e. The predicted octanol–water partition coefficient (Wildman–Crippen LogP) is 13.5. The lowest BCUT2D eigenvalue weighted by Crippen LogP contribution is -2.08. The summed E-state index contributed by atoms with van der Waals surface area (Å²) in [6.45, 7) is 9.19. The first kappa shape index (κ1) is 34.4. The van der Waals surface area contributed by atoms with Gasteiger partial charge in [0, 0.05) is 62.7 Å². The molecule has 0 saturated heterocycles. The zero-order chi connectivity index (χ0) is 38.3. The molecule has 0 amide bonds. The molecule has 0 spiro atoms. The summed E-state index contributed by atoms with van der Waals surface area (Å²) in [4.78, 5) is 2.21. The fraction of sp³-hybridized carbons (Fsp3) is 0.0741. The van der Waals surface area contributed by atoms with Crippen LogP contribution in [0.1, 0.15) is 40.9 Å². The first-order valence-electron chi connectivity index (χ1n) is 19.9. The van der Waals surface area contributed by atoms with E-state index in [-0.39, 0.29) is 0 Å². The van der Waals surface area contributed by atoms with Gasteiger partial charge in [0.05, 0.1) is 11.0 Å². The highest BCUT2D eigenvalue weighted by Crippen LogP contribution is 2.40. The van der Waals surface area contributed by atoms with Crippen LogP contribution in [0, 0.1) is 0 Å². The maximum atomic E-state index is 4.60.